The molecule has 2 aliphatic carbocycles. The average Bonchev–Trinajstić information content (AvgIpc) is 3.46. The van der Waals surface area contributed by atoms with E-state index in [1.807, 2.05) is 13.0 Å². The van der Waals surface area contributed by atoms with E-state index in [0.29, 0.717) is 24.5 Å². The Balaban J connectivity index is 1.76. The first-order chi connectivity index (χ1) is 14.4. The minimum absolute atomic E-state index is 0.00569. The lowest BCUT2D eigenvalue weighted by Gasteiger charge is -2.49. The molecule has 1 aliphatic heterocycles. The van der Waals surface area contributed by atoms with Gasteiger partial charge in [-0.1, -0.05) is 33.3 Å². The Morgan fingerprint density at radius 1 is 1.30 bits per heavy atom. The first-order valence-electron chi connectivity index (χ1n) is 11.9. The van der Waals surface area contributed by atoms with E-state index in [1.165, 1.54) is 18.4 Å². The molecule has 4 atom stereocenters. The zero-order valence-corrected chi connectivity index (χ0v) is 18.9. The normalized spacial score (nSPS) is 29.6. The number of unbranched alkanes of at least 4 members (excludes halogenated alkanes) is 1. The second-order valence-electron chi connectivity index (χ2n) is 9.39. The highest BCUT2D eigenvalue weighted by molar-refractivity contribution is 5.84. The fraction of sp³-hybridized carbons (Fsp3) is 0.720. The van der Waals surface area contributed by atoms with Crippen molar-refractivity contribution < 1.29 is 19.4 Å². The second kappa shape index (κ2) is 8.51. The summed E-state index contributed by atoms with van der Waals surface area (Å²) < 4.78 is 12.3. The standard InChI is InChI=1S/C25H37NO4/c1-5-8-13-29-19-12-11-18-14-20(26(7-3)15-17-9-10-17)25(28,6-2)22-21(18)24(19)30-23(22)16(4)27/h11-12,17,20,22-23,28H,5-10,13-15H2,1-4H3/t20-,22?,23+,25-/m1/s1. The number of carbonyl (C=O) groups is 1. The van der Waals surface area contributed by atoms with Crippen LogP contribution in [0.3, 0.4) is 0 Å². The number of carbonyl (C=O) groups excluding carboxylic acids is 1. The number of rotatable bonds is 10. The highest BCUT2D eigenvalue weighted by Gasteiger charge is 2.58. The zero-order valence-electron chi connectivity index (χ0n) is 18.9. The predicted octanol–water partition coefficient (Wildman–Crippen LogP) is 4.10. The van der Waals surface area contributed by atoms with Crippen LogP contribution in [0.4, 0.5) is 0 Å². The van der Waals surface area contributed by atoms with Crippen LogP contribution in [0.25, 0.3) is 0 Å². The number of Topliss-reactive ketones (excluding diaryl/α,β-unsaturated/α-hetero) is 1. The van der Waals surface area contributed by atoms with E-state index in [2.05, 4.69) is 24.8 Å². The van der Waals surface area contributed by atoms with Crippen LogP contribution in [0, 0.1) is 5.92 Å². The molecule has 166 valence electrons. The summed E-state index contributed by atoms with van der Waals surface area (Å²) in [6.45, 7) is 10.5. The van der Waals surface area contributed by atoms with Gasteiger partial charge in [-0.3, -0.25) is 9.69 Å². The maximum absolute atomic E-state index is 12.6. The molecule has 30 heavy (non-hydrogen) atoms. The Morgan fingerprint density at radius 3 is 2.67 bits per heavy atom. The number of ketones is 1. The molecule has 3 aliphatic rings. The van der Waals surface area contributed by atoms with Crippen LogP contribution >= 0.6 is 0 Å². The summed E-state index contributed by atoms with van der Waals surface area (Å²) in [5.41, 5.74) is 1.20. The molecule has 5 heteroatoms. The van der Waals surface area contributed by atoms with Gasteiger partial charge in [-0.25, -0.2) is 0 Å². The van der Waals surface area contributed by atoms with Gasteiger partial charge in [0.25, 0.3) is 0 Å². The monoisotopic (exact) mass is 415 g/mol. The van der Waals surface area contributed by atoms with Crippen LogP contribution in [-0.2, 0) is 11.2 Å². The quantitative estimate of drug-likeness (QED) is 0.583. The Bertz CT molecular complexity index is 790. The Hall–Kier alpha value is -1.59. The van der Waals surface area contributed by atoms with Crippen molar-refractivity contribution in [3.8, 4) is 11.5 Å². The van der Waals surface area contributed by atoms with Crippen LogP contribution < -0.4 is 9.47 Å². The lowest BCUT2D eigenvalue weighted by molar-refractivity contribution is -0.132. The molecule has 1 heterocycles. The minimum Gasteiger partial charge on any atom is -0.490 e. The SMILES string of the molecule is CCCCOc1ccc2c3c1O[C@@H](C(C)=O)C3[C@@](O)(CC)[C@H](N(CC)CC1CC1)C2. The van der Waals surface area contributed by atoms with E-state index < -0.39 is 11.7 Å². The summed E-state index contributed by atoms with van der Waals surface area (Å²) >= 11 is 0. The molecule has 4 rings (SSSR count). The summed E-state index contributed by atoms with van der Waals surface area (Å²) in [6.07, 6.45) is 5.34. The van der Waals surface area contributed by atoms with E-state index >= 15 is 0 Å². The Morgan fingerprint density at radius 2 is 2.07 bits per heavy atom. The summed E-state index contributed by atoms with van der Waals surface area (Å²) in [4.78, 5) is 15.1. The van der Waals surface area contributed by atoms with E-state index in [1.54, 1.807) is 6.92 Å². The largest absolute Gasteiger partial charge is 0.490 e. The number of ether oxygens (including phenoxy) is 2. The van der Waals surface area contributed by atoms with Crippen molar-refractivity contribution in [1.82, 2.24) is 4.90 Å². The third-order valence-electron chi connectivity index (χ3n) is 7.40. The van der Waals surface area contributed by atoms with Crippen molar-refractivity contribution in [2.75, 3.05) is 19.7 Å². The van der Waals surface area contributed by atoms with Crippen molar-refractivity contribution in [2.45, 2.75) is 89.9 Å². The maximum atomic E-state index is 12.6. The van der Waals surface area contributed by atoms with Gasteiger partial charge < -0.3 is 14.6 Å². The highest BCUT2D eigenvalue weighted by atomic mass is 16.5. The third kappa shape index (κ3) is 3.64. The number of aliphatic hydroxyl groups is 1. The molecule has 0 amide bonds. The van der Waals surface area contributed by atoms with E-state index in [9.17, 15) is 9.90 Å². The van der Waals surface area contributed by atoms with Crippen molar-refractivity contribution in [2.24, 2.45) is 5.92 Å². The molecular formula is C25H37NO4. The Labute approximate surface area is 180 Å². The van der Waals surface area contributed by atoms with E-state index in [-0.39, 0.29) is 17.7 Å². The van der Waals surface area contributed by atoms with Gasteiger partial charge >= 0.3 is 0 Å². The topological polar surface area (TPSA) is 59.0 Å². The lowest BCUT2D eigenvalue weighted by atomic mass is 9.65. The first-order valence-corrected chi connectivity index (χ1v) is 11.9. The fourth-order valence-corrected chi connectivity index (χ4v) is 5.48. The average molecular weight is 416 g/mol. The Kier molecular flexibility index (Phi) is 6.13. The van der Waals surface area contributed by atoms with Crippen molar-refractivity contribution in [3.05, 3.63) is 23.3 Å². The van der Waals surface area contributed by atoms with Crippen LogP contribution in [0.15, 0.2) is 12.1 Å². The molecule has 1 aromatic carbocycles. The van der Waals surface area contributed by atoms with Crippen LogP contribution in [0.2, 0.25) is 0 Å². The van der Waals surface area contributed by atoms with Crippen molar-refractivity contribution >= 4 is 5.78 Å². The molecule has 5 nitrogen and oxygen atoms in total. The van der Waals surface area contributed by atoms with Gasteiger partial charge in [0.15, 0.2) is 23.4 Å². The number of benzene rings is 1. The lowest BCUT2D eigenvalue weighted by Crippen LogP contribution is -2.61. The van der Waals surface area contributed by atoms with Crippen molar-refractivity contribution in [1.29, 1.82) is 0 Å². The van der Waals surface area contributed by atoms with E-state index in [0.717, 1.165) is 43.8 Å². The predicted molar refractivity (Wildman–Crippen MR) is 117 cm³/mol. The highest BCUT2D eigenvalue weighted by Crippen LogP contribution is 2.56. The molecule has 0 spiro atoms. The molecular weight excluding hydrogens is 378 g/mol. The number of nitrogens with zero attached hydrogens (tertiary/aromatic N) is 1. The van der Waals surface area contributed by atoms with Crippen LogP contribution in [0.5, 0.6) is 11.5 Å². The minimum atomic E-state index is -0.998. The zero-order chi connectivity index (χ0) is 21.5. The molecule has 0 radical (unpaired) electrons. The summed E-state index contributed by atoms with van der Waals surface area (Å²) in [7, 11) is 0. The van der Waals surface area contributed by atoms with Gasteiger partial charge in [-0.05, 0) is 63.1 Å². The number of hydrogen-bond acceptors (Lipinski definition) is 5. The van der Waals surface area contributed by atoms with Crippen molar-refractivity contribution in [3.63, 3.8) is 0 Å². The van der Waals surface area contributed by atoms with Crippen LogP contribution in [0.1, 0.15) is 76.8 Å². The van der Waals surface area contributed by atoms with Gasteiger partial charge in [0.1, 0.15) is 0 Å². The molecule has 0 aromatic heterocycles. The van der Waals surface area contributed by atoms with Gasteiger partial charge in [0, 0.05) is 18.2 Å². The maximum Gasteiger partial charge on any atom is 0.170 e. The smallest absolute Gasteiger partial charge is 0.170 e. The van der Waals surface area contributed by atoms with E-state index in [4.69, 9.17) is 9.47 Å². The molecule has 1 saturated carbocycles. The van der Waals surface area contributed by atoms with Gasteiger partial charge in [0.05, 0.1) is 18.1 Å². The number of hydrogen-bond donors (Lipinski definition) is 1. The van der Waals surface area contributed by atoms with Crippen LogP contribution in [-0.4, -0.2) is 53.2 Å². The summed E-state index contributed by atoms with van der Waals surface area (Å²) in [5.74, 6) is 1.77. The molecule has 1 N–H and O–H groups in total. The molecule has 1 unspecified atom stereocenters. The third-order valence-corrected chi connectivity index (χ3v) is 7.40. The molecule has 0 saturated heterocycles. The van der Waals surface area contributed by atoms with Gasteiger partial charge in [-0.2, -0.15) is 0 Å². The molecule has 0 bridgehead atoms. The fourth-order valence-electron chi connectivity index (χ4n) is 5.48. The summed E-state index contributed by atoms with van der Waals surface area (Å²) in [6, 6.07) is 4.12. The molecule has 1 fully saturated rings. The van der Waals surface area contributed by atoms with Gasteiger partial charge in [-0.15, -0.1) is 0 Å². The summed E-state index contributed by atoms with van der Waals surface area (Å²) in [5, 5.41) is 12.1. The second-order valence-corrected chi connectivity index (χ2v) is 9.39. The first kappa shape index (κ1) is 21.6. The molecule has 1 aromatic rings. The number of likely N-dealkylation sites (N-methyl/N-ethyl adjacent to an activating group) is 1. The van der Waals surface area contributed by atoms with Gasteiger partial charge in [0.2, 0.25) is 0 Å².